The van der Waals surface area contributed by atoms with E-state index in [2.05, 4.69) is 25.4 Å². The Bertz CT molecular complexity index is 1360. The molecule has 0 atom stereocenters. The lowest BCUT2D eigenvalue weighted by Gasteiger charge is -2.10. The lowest BCUT2D eigenvalue weighted by atomic mass is 10.1. The molecule has 4 rings (SSSR count). The number of aryl methyl sites for hydroxylation is 2. The van der Waals surface area contributed by atoms with Crippen LogP contribution in [0.15, 0.2) is 33.9 Å². The first-order valence-corrected chi connectivity index (χ1v) is 10.7. The molecule has 0 radical (unpaired) electrons. The summed E-state index contributed by atoms with van der Waals surface area (Å²) in [6.07, 6.45) is 2.46. The summed E-state index contributed by atoms with van der Waals surface area (Å²) in [7, 11) is 0. The molecule has 10 nitrogen and oxygen atoms in total. The first kappa shape index (κ1) is 21.9. The molecular formula is C20H22ClFN8O2. The molecule has 3 aromatic heterocycles. The van der Waals surface area contributed by atoms with Crippen molar-refractivity contribution in [2.75, 3.05) is 0 Å². The van der Waals surface area contributed by atoms with Crippen molar-refractivity contribution >= 4 is 22.8 Å². The highest BCUT2D eigenvalue weighted by atomic mass is 35.5. The van der Waals surface area contributed by atoms with Crippen LogP contribution in [0.2, 0.25) is 5.28 Å². The highest BCUT2D eigenvalue weighted by molar-refractivity contribution is 6.28. The minimum atomic E-state index is -0.463. The average Bonchev–Trinajstić information content (AvgIpc) is 3.37. The predicted octanol–water partition coefficient (Wildman–Crippen LogP) is 2.15. The lowest BCUT2D eigenvalue weighted by Crippen LogP contribution is -2.40. The minimum absolute atomic E-state index is 0.0668. The van der Waals surface area contributed by atoms with E-state index in [1.54, 1.807) is 12.1 Å². The zero-order valence-corrected chi connectivity index (χ0v) is 18.2. The number of rotatable bonds is 9. The van der Waals surface area contributed by atoms with Crippen molar-refractivity contribution in [1.29, 1.82) is 0 Å². The molecule has 4 aromatic rings. The zero-order chi connectivity index (χ0) is 22.7. The Kier molecular flexibility index (Phi) is 6.45. The third-order valence-corrected chi connectivity index (χ3v) is 5.23. The van der Waals surface area contributed by atoms with Gasteiger partial charge in [0.15, 0.2) is 17.0 Å². The SMILES string of the molecule is CCCCn1c(=O)n(CCCn2nnc(Cc3cccc(F)c3)n2)c(=O)c2[nH]c(Cl)nc21. The van der Waals surface area contributed by atoms with Crippen molar-refractivity contribution in [1.82, 2.24) is 39.3 Å². The molecule has 32 heavy (non-hydrogen) atoms. The molecule has 0 saturated heterocycles. The molecule has 0 bridgehead atoms. The summed E-state index contributed by atoms with van der Waals surface area (Å²) >= 11 is 5.94. The van der Waals surface area contributed by atoms with Crippen LogP contribution in [0.1, 0.15) is 37.6 Å². The van der Waals surface area contributed by atoms with Gasteiger partial charge in [-0.05, 0) is 47.4 Å². The molecule has 0 spiro atoms. The molecule has 168 valence electrons. The third-order valence-electron chi connectivity index (χ3n) is 5.05. The number of tetrazole rings is 1. The topological polar surface area (TPSA) is 116 Å². The average molecular weight is 461 g/mol. The number of hydrogen-bond acceptors (Lipinski definition) is 6. The monoisotopic (exact) mass is 460 g/mol. The first-order valence-electron chi connectivity index (χ1n) is 10.4. The number of benzene rings is 1. The van der Waals surface area contributed by atoms with E-state index in [0.717, 1.165) is 18.4 Å². The van der Waals surface area contributed by atoms with Gasteiger partial charge >= 0.3 is 5.69 Å². The molecule has 0 saturated carbocycles. The van der Waals surface area contributed by atoms with Gasteiger partial charge in [0, 0.05) is 19.5 Å². The number of aromatic amines is 1. The van der Waals surface area contributed by atoms with Crippen LogP contribution in [-0.4, -0.2) is 39.3 Å². The summed E-state index contributed by atoms with van der Waals surface area (Å²) in [4.78, 5) is 34.0. The maximum absolute atomic E-state index is 13.3. The van der Waals surface area contributed by atoms with Crippen LogP contribution < -0.4 is 11.2 Å². The van der Waals surface area contributed by atoms with Gasteiger partial charge in [-0.3, -0.25) is 13.9 Å². The van der Waals surface area contributed by atoms with E-state index in [0.29, 0.717) is 31.8 Å². The molecule has 0 aliphatic rings. The zero-order valence-electron chi connectivity index (χ0n) is 17.5. The quantitative estimate of drug-likeness (QED) is 0.382. The van der Waals surface area contributed by atoms with Gasteiger partial charge in [0.1, 0.15) is 5.82 Å². The molecule has 0 aliphatic carbocycles. The van der Waals surface area contributed by atoms with E-state index >= 15 is 0 Å². The minimum Gasteiger partial charge on any atom is -0.323 e. The Hall–Kier alpha value is -3.34. The van der Waals surface area contributed by atoms with Crippen LogP contribution in [0.25, 0.3) is 11.2 Å². The first-order chi connectivity index (χ1) is 15.5. The van der Waals surface area contributed by atoms with Crippen LogP contribution in [0.3, 0.4) is 0 Å². The van der Waals surface area contributed by atoms with Crippen molar-refractivity contribution in [3.63, 3.8) is 0 Å². The summed E-state index contributed by atoms with van der Waals surface area (Å²) in [6.45, 7) is 3.00. The number of nitrogens with zero attached hydrogens (tertiary/aromatic N) is 7. The van der Waals surface area contributed by atoms with Crippen molar-refractivity contribution in [3.8, 4) is 0 Å². The number of H-pyrrole nitrogens is 1. The molecule has 3 heterocycles. The number of hydrogen-bond donors (Lipinski definition) is 1. The van der Waals surface area contributed by atoms with Gasteiger partial charge in [0.2, 0.25) is 5.28 Å². The van der Waals surface area contributed by atoms with Crippen molar-refractivity contribution in [2.24, 2.45) is 0 Å². The molecule has 1 aromatic carbocycles. The van der Waals surface area contributed by atoms with Crippen LogP contribution in [0.4, 0.5) is 4.39 Å². The normalized spacial score (nSPS) is 11.5. The van der Waals surface area contributed by atoms with Crippen molar-refractivity contribution in [3.05, 3.63) is 67.6 Å². The van der Waals surface area contributed by atoms with Crippen LogP contribution in [0.5, 0.6) is 0 Å². The second kappa shape index (κ2) is 9.43. The van der Waals surface area contributed by atoms with E-state index in [1.165, 1.54) is 26.1 Å². The molecule has 0 unspecified atom stereocenters. The van der Waals surface area contributed by atoms with Gasteiger partial charge in [-0.15, -0.1) is 10.2 Å². The second-order valence-electron chi connectivity index (χ2n) is 7.43. The van der Waals surface area contributed by atoms with E-state index in [-0.39, 0.29) is 28.8 Å². The fraction of sp³-hybridized carbons (Fsp3) is 0.400. The van der Waals surface area contributed by atoms with Crippen LogP contribution in [-0.2, 0) is 26.1 Å². The van der Waals surface area contributed by atoms with E-state index < -0.39 is 11.2 Å². The second-order valence-corrected chi connectivity index (χ2v) is 7.79. The summed E-state index contributed by atoms with van der Waals surface area (Å²) in [5.41, 5.74) is 0.347. The van der Waals surface area contributed by atoms with Crippen molar-refractivity contribution in [2.45, 2.75) is 52.2 Å². The largest absolute Gasteiger partial charge is 0.332 e. The number of halogens is 2. The smallest absolute Gasteiger partial charge is 0.323 e. The van der Waals surface area contributed by atoms with Crippen LogP contribution >= 0.6 is 11.6 Å². The Balaban J connectivity index is 1.48. The molecule has 0 fully saturated rings. The predicted molar refractivity (Wildman–Crippen MR) is 116 cm³/mol. The lowest BCUT2D eigenvalue weighted by molar-refractivity contribution is 0.451. The number of unbranched alkanes of at least 4 members (excludes halogenated alkanes) is 1. The summed E-state index contributed by atoms with van der Waals surface area (Å²) in [5, 5.41) is 12.3. The van der Waals surface area contributed by atoms with Gasteiger partial charge in [0.05, 0.1) is 6.54 Å². The van der Waals surface area contributed by atoms with E-state index in [4.69, 9.17) is 11.6 Å². The Labute approximate surface area is 186 Å². The van der Waals surface area contributed by atoms with E-state index in [1.807, 2.05) is 6.92 Å². The van der Waals surface area contributed by atoms with Crippen molar-refractivity contribution < 1.29 is 4.39 Å². The fourth-order valence-electron chi connectivity index (χ4n) is 3.50. The van der Waals surface area contributed by atoms with Gasteiger partial charge in [-0.2, -0.15) is 9.78 Å². The third kappa shape index (κ3) is 4.62. The maximum atomic E-state index is 13.3. The standard InChI is InChI=1S/C20H22ClFN8O2/c1-2-3-8-28-17-16(23-19(21)24-17)18(31)29(20(28)32)9-5-10-30-26-15(25-27-30)12-13-6-4-7-14(22)11-13/h4,6-7,11H,2-3,5,8-10,12H2,1H3,(H,23,24). The molecule has 1 N–H and O–H groups in total. The highest BCUT2D eigenvalue weighted by Crippen LogP contribution is 2.11. The molecule has 0 amide bonds. The Morgan fingerprint density at radius 3 is 2.72 bits per heavy atom. The summed E-state index contributed by atoms with van der Waals surface area (Å²) in [5.74, 6) is 0.142. The number of nitrogens with one attached hydrogen (secondary N) is 1. The number of aromatic nitrogens is 8. The molecule has 12 heteroatoms. The highest BCUT2D eigenvalue weighted by Gasteiger charge is 2.16. The fourth-order valence-corrected chi connectivity index (χ4v) is 3.67. The van der Waals surface area contributed by atoms with Gasteiger partial charge < -0.3 is 4.98 Å². The van der Waals surface area contributed by atoms with Gasteiger partial charge in [-0.1, -0.05) is 25.5 Å². The van der Waals surface area contributed by atoms with Crippen LogP contribution in [0, 0.1) is 5.82 Å². The molecule has 0 aliphatic heterocycles. The number of imidazole rings is 1. The van der Waals surface area contributed by atoms with E-state index in [9.17, 15) is 14.0 Å². The number of fused-ring (bicyclic) bond motifs is 1. The van der Waals surface area contributed by atoms with Gasteiger partial charge in [-0.25, -0.2) is 9.18 Å². The summed E-state index contributed by atoms with van der Waals surface area (Å²) in [6, 6.07) is 6.22. The van der Waals surface area contributed by atoms with Gasteiger partial charge in [0.25, 0.3) is 5.56 Å². The maximum Gasteiger partial charge on any atom is 0.332 e. The Morgan fingerprint density at radius 1 is 1.12 bits per heavy atom. The summed E-state index contributed by atoms with van der Waals surface area (Å²) < 4.78 is 16.0. The molecular weight excluding hydrogens is 439 g/mol. The Morgan fingerprint density at radius 2 is 1.94 bits per heavy atom.